The van der Waals surface area contributed by atoms with E-state index in [1.54, 1.807) is 31.3 Å². The Morgan fingerprint density at radius 3 is 2.57 bits per heavy atom. The smallest absolute Gasteiger partial charge is 0.242 e. The summed E-state index contributed by atoms with van der Waals surface area (Å²) in [5.74, 6) is 0. The first-order chi connectivity index (χ1) is 9.98. The van der Waals surface area contributed by atoms with Gasteiger partial charge in [-0.2, -0.15) is 4.31 Å². The molecular weight excluding hydrogens is 288 g/mol. The molecule has 0 amide bonds. The van der Waals surface area contributed by atoms with Crippen LogP contribution in [-0.2, 0) is 16.6 Å². The molecule has 1 fully saturated rings. The van der Waals surface area contributed by atoms with Crippen molar-refractivity contribution in [3.63, 3.8) is 0 Å². The quantitative estimate of drug-likeness (QED) is 0.860. The van der Waals surface area contributed by atoms with E-state index in [0.717, 1.165) is 25.9 Å². The third-order valence-electron chi connectivity index (χ3n) is 4.19. The average Bonchev–Trinajstić information content (AvgIpc) is 2.94. The highest BCUT2D eigenvalue weighted by atomic mass is 32.2. The summed E-state index contributed by atoms with van der Waals surface area (Å²) in [6.07, 6.45) is 2.19. The summed E-state index contributed by atoms with van der Waals surface area (Å²) in [7, 11) is -1.82. The maximum Gasteiger partial charge on any atom is 0.242 e. The Kier molecular flexibility index (Phi) is 5.37. The van der Waals surface area contributed by atoms with Crippen LogP contribution in [0.1, 0.15) is 25.3 Å². The fourth-order valence-electron chi connectivity index (χ4n) is 2.86. The third-order valence-corrected chi connectivity index (χ3v) is 6.02. The van der Waals surface area contributed by atoms with Crippen LogP contribution in [0.15, 0.2) is 29.2 Å². The maximum absolute atomic E-state index is 12.6. The van der Waals surface area contributed by atoms with Crippen molar-refractivity contribution < 1.29 is 13.5 Å². The van der Waals surface area contributed by atoms with Crippen LogP contribution in [0.25, 0.3) is 0 Å². The lowest BCUT2D eigenvalue weighted by molar-refractivity contribution is 0.237. The topological polar surface area (TPSA) is 60.9 Å². The summed E-state index contributed by atoms with van der Waals surface area (Å²) < 4.78 is 26.6. The average molecular weight is 312 g/mol. The van der Waals surface area contributed by atoms with Gasteiger partial charge in [0.2, 0.25) is 10.0 Å². The van der Waals surface area contributed by atoms with Crippen LogP contribution in [0, 0.1) is 0 Å². The van der Waals surface area contributed by atoms with E-state index in [2.05, 4.69) is 11.8 Å². The van der Waals surface area contributed by atoms with Crippen molar-refractivity contribution in [3.05, 3.63) is 29.8 Å². The van der Waals surface area contributed by atoms with Crippen LogP contribution in [0.3, 0.4) is 0 Å². The third kappa shape index (κ3) is 3.63. The zero-order valence-corrected chi connectivity index (χ0v) is 13.5. The minimum atomic E-state index is -3.46. The maximum atomic E-state index is 12.6. The van der Waals surface area contributed by atoms with Crippen LogP contribution < -0.4 is 0 Å². The first kappa shape index (κ1) is 16.4. The van der Waals surface area contributed by atoms with Gasteiger partial charge in [0.25, 0.3) is 0 Å². The second-order valence-electron chi connectivity index (χ2n) is 5.51. The molecule has 0 aromatic heterocycles. The number of nitrogens with zero attached hydrogens (tertiary/aromatic N) is 2. The molecule has 0 bridgehead atoms. The largest absolute Gasteiger partial charge is 0.392 e. The van der Waals surface area contributed by atoms with Gasteiger partial charge in [-0.05, 0) is 43.6 Å². The number of rotatable bonds is 6. The molecule has 1 aliphatic heterocycles. The minimum Gasteiger partial charge on any atom is -0.392 e. The van der Waals surface area contributed by atoms with Gasteiger partial charge < -0.3 is 5.11 Å². The Balaban J connectivity index is 2.10. The standard InChI is InChI=1S/C15H24N2O3S/c1-3-17-10-4-5-14(17)11-16(2)21(19,20)15-8-6-13(12-18)7-9-15/h6-9,14,18H,3-5,10-12H2,1-2H3. The van der Waals surface area contributed by atoms with Crippen LogP contribution in [0.4, 0.5) is 0 Å². The van der Waals surface area contributed by atoms with Crippen molar-refractivity contribution in [3.8, 4) is 0 Å². The number of likely N-dealkylation sites (tertiary alicyclic amines) is 1. The summed E-state index contributed by atoms with van der Waals surface area (Å²) in [6, 6.07) is 6.72. The zero-order valence-electron chi connectivity index (χ0n) is 12.7. The molecular formula is C15H24N2O3S. The number of hydrogen-bond donors (Lipinski definition) is 1. The minimum absolute atomic E-state index is 0.0797. The Labute approximate surface area is 127 Å². The zero-order chi connectivity index (χ0) is 15.5. The molecule has 21 heavy (non-hydrogen) atoms. The van der Waals surface area contributed by atoms with Gasteiger partial charge in [0.05, 0.1) is 11.5 Å². The fraction of sp³-hybridized carbons (Fsp3) is 0.600. The van der Waals surface area contributed by atoms with Crippen molar-refractivity contribution in [2.24, 2.45) is 0 Å². The number of hydrogen-bond acceptors (Lipinski definition) is 4. The van der Waals surface area contributed by atoms with Crippen LogP contribution >= 0.6 is 0 Å². The van der Waals surface area contributed by atoms with E-state index >= 15 is 0 Å². The number of likely N-dealkylation sites (N-methyl/N-ethyl adjacent to an activating group) is 2. The van der Waals surface area contributed by atoms with Crippen molar-refractivity contribution in [1.29, 1.82) is 0 Å². The van der Waals surface area contributed by atoms with E-state index in [9.17, 15) is 8.42 Å². The molecule has 1 saturated heterocycles. The van der Waals surface area contributed by atoms with Gasteiger partial charge in [-0.25, -0.2) is 8.42 Å². The Bertz CT molecular complexity index is 557. The molecule has 0 aliphatic carbocycles. The summed E-state index contributed by atoms with van der Waals surface area (Å²) >= 11 is 0. The first-order valence-electron chi connectivity index (χ1n) is 7.39. The van der Waals surface area contributed by atoms with E-state index in [1.165, 1.54) is 4.31 Å². The summed E-state index contributed by atoms with van der Waals surface area (Å²) in [5.41, 5.74) is 0.713. The Hall–Kier alpha value is -0.950. The number of sulfonamides is 1. The lowest BCUT2D eigenvalue weighted by atomic mass is 10.2. The van der Waals surface area contributed by atoms with E-state index in [4.69, 9.17) is 5.11 Å². The van der Waals surface area contributed by atoms with Crippen LogP contribution in [0.5, 0.6) is 0 Å². The molecule has 1 unspecified atom stereocenters. The number of aliphatic hydroxyl groups excluding tert-OH is 1. The van der Waals surface area contributed by atoms with Crippen molar-refractivity contribution in [2.75, 3.05) is 26.7 Å². The van der Waals surface area contributed by atoms with Crippen molar-refractivity contribution >= 4 is 10.0 Å². The van der Waals surface area contributed by atoms with Crippen LogP contribution in [-0.4, -0.2) is 55.5 Å². The molecule has 1 heterocycles. The lowest BCUT2D eigenvalue weighted by Gasteiger charge is -2.27. The summed E-state index contributed by atoms with van der Waals surface area (Å²) in [6.45, 7) is 4.58. The molecule has 1 aromatic carbocycles. The van der Waals surface area contributed by atoms with E-state index in [-0.39, 0.29) is 11.5 Å². The number of benzene rings is 1. The van der Waals surface area contributed by atoms with Gasteiger partial charge in [0, 0.05) is 19.6 Å². The molecule has 1 aliphatic rings. The molecule has 6 heteroatoms. The highest BCUT2D eigenvalue weighted by Gasteiger charge is 2.29. The molecule has 1 N–H and O–H groups in total. The predicted molar refractivity (Wildman–Crippen MR) is 82.4 cm³/mol. The monoisotopic (exact) mass is 312 g/mol. The lowest BCUT2D eigenvalue weighted by Crippen LogP contribution is -2.41. The molecule has 1 atom stereocenters. The Morgan fingerprint density at radius 1 is 1.33 bits per heavy atom. The van der Waals surface area contributed by atoms with Gasteiger partial charge >= 0.3 is 0 Å². The molecule has 1 aromatic rings. The van der Waals surface area contributed by atoms with Crippen molar-refractivity contribution in [1.82, 2.24) is 9.21 Å². The van der Waals surface area contributed by atoms with Gasteiger partial charge in [0.15, 0.2) is 0 Å². The molecule has 118 valence electrons. The molecule has 0 spiro atoms. The number of aliphatic hydroxyl groups is 1. The van der Waals surface area contributed by atoms with Gasteiger partial charge in [-0.1, -0.05) is 19.1 Å². The van der Waals surface area contributed by atoms with Gasteiger partial charge in [-0.15, -0.1) is 0 Å². The molecule has 0 radical (unpaired) electrons. The van der Waals surface area contributed by atoms with E-state index in [1.807, 2.05) is 0 Å². The van der Waals surface area contributed by atoms with E-state index < -0.39 is 10.0 Å². The highest BCUT2D eigenvalue weighted by molar-refractivity contribution is 7.89. The summed E-state index contributed by atoms with van der Waals surface area (Å²) in [4.78, 5) is 2.61. The molecule has 5 nitrogen and oxygen atoms in total. The first-order valence-corrected chi connectivity index (χ1v) is 8.83. The second-order valence-corrected chi connectivity index (χ2v) is 7.56. The summed E-state index contributed by atoms with van der Waals surface area (Å²) in [5, 5.41) is 9.02. The van der Waals surface area contributed by atoms with Gasteiger partial charge in [0.1, 0.15) is 0 Å². The predicted octanol–water partition coefficient (Wildman–Crippen LogP) is 1.28. The van der Waals surface area contributed by atoms with Crippen LogP contribution in [0.2, 0.25) is 0 Å². The normalized spacial score (nSPS) is 20.3. The molecule has 0 saturated carbocycles. The SMILES string of the molecule is CCN1CCCC1CN(C)S(=O)(=O)c1ccc(CO)cc1. The molecule has 2 rings (SSSR count). The Morgan fingerprint density at radius 2 is 2.00 bits per heavy atom. The highest BCUT2D eigenvalue weighted by Crippen LogP contribution is 2.21. The second kappa shape index (κ2) is 6.87. The fourth-order valence-corrected chi connectivity index (χ4v) is 4.07. The van der Waals surface area contributed by atoms with E-state index in [0.29, 0.717) is 18.2 Å². The van der Waals surface area contributed by atoms with Gasteiger partial charge in [-0.3, -0.25) is 4.90 Å². The van der Waals surface area contributed by atoms with Crippen molar-refractivity contribution in [2.45, 2.75) is 37.3 Å².